The van der Waals surface area contributed by atoms with Crippen molar-refractivity contribution in [1.29, 1.82) is 0 Å². The maximum absolute atomic E-state index is 12.5. The van der Waals surface area contributed by atoms with E-state index >= 15 is 0 Å². The highest BCUT2D eigenvalue weighted by molar-refractivity contribution is 5.91. The van der Waals surface area contributed by atoms with E-state index in [1.54, 1.807) is 0 Å². The van der Waals surface area contributed by atoms with Crippen LogP contribution in [-0.4, -0.2) is 11.6 Å². The summed E-state index contributed by atoms with van der Waals surface area (Å²) < 4.78 is 0. The van der Waals surface area contributed by atoms with Gasteiger partial charge >= 0.3 is 0 Å². The van der Waals surface area contributed by atoms with Crippen LogP contribution in [0.25, 0.3) is 0 Å². The van der Waals surface area contributed by atoms with Gasteiger partial charge in [0.25, 0.3) is 0 Å². The van der Waals surface area contributed by atoms with Gasteiger partial charge in [0.15, 0.2) is 5.78 Å². The van der Waals surface area contributed by atoms with Crippen molar-refractivity contribution in [1.82, 2.24) is 0 Å². The van der Waals surface area contributed by atoms with E-state index in [1.165, 1.54) is 5.57 Å². The molecule has 0 bridgehead atoms. The lowest BCUT2D eigenvalue weighted by Crippen LogP contribution is -2.52. The van der Waals surface area contributed by atoms with E-state index in [0.717, 1.165) is 38.5 Å². The Morgan fingerprint density at radius 3 is 2.59 bits per heavy atom. The second-order valence-electron chi connectivity index (χ2n) is 8.83. The van der Waals surface area contributed by atoms with E-state index in [1.807, 2.05) is 6.08 Å². The Hall–Kier alpha value is -0.920. The fourth-order valence-electron chi connectivity index (χ4n) is 6.90. The van der Waals surface area contributed by atoms with E-state index < -0.39 is 0 Å². The van der Waals surface area contributed by atoms with E-state index in [-0.39, 0.29) is 5.41 Å². The average molecular weight is 300 g/mol. The number of allylic oxidation sites excluding steroid dienone is 1. The Bertz CT molecular complexity index is 560. The van der Waals surface area contributed by atoms with Crippen molar-refractivity contribution in [3.05, 3.63) is 11.6 Å². The summed E-state index contributed by atoms with van der Waals surface area (Å²) >= 11 is 0. The monoisotopic (exact) mass is 300 g/mol. The molecule has 0 aromatic heterocycles. The molecule has 0 saturated heterocycles. The third-order valence-electron chi connectivity index (χ3n) is 7.65. The first-order chi connectivity index (χ1) is 10.4. The largest absolute Gasteiger partial charge is 0.299 e. The normalized spacial score (nSPS) is 51.0. The van der Waals surface area contributed by atoms with Crippen LogP contribution in [-0.2, 0) is 9.59 Å². The SMILES string of the molecule is C[C@@H]1CC2=CC(=O)CC[C@@H]2[C@@H]2[C@@H]1[C@@H]1CCC(=O)[C@@]1(C)C[C@@H]2C. The lowest BCUT2D eigenvalue weighted by atomic mass is 9.47. The number of carbonyl (C=O) groups excluding carboxylic acids is 2. The van der Waals surface area contributed by atoms with Crippen molar-refractivity contribution in [3.63, 3.8) is 0 Å². The molecule has 0 N–H and O–H groups in total. The van der Waals surface area contributed by atoms with Crippen molar-refractivity contribution in [3.8, 4) is 0 Å². The smallest absolute Gasteiger partial charge is 0.155 e. The number of rotatable bonds is 0. The van der Waals surface area contributed by atoms with Crippen molar-refractivity contribution in [2.24, 2.45) is 40.9 Å². The van der Waals surface area contributed by atoms with Crippen LogP contribution in [0.3, 0.4) is 0 Å². The Labute approximate surface area is 133 Å². The molecule has 0 amide bonds. The molecular formula is C20H28O2. The van der Waals surface area contributed by atoms with Crippen molar-refractivity contribution >= 4 is 11.6 Å². The molecule has 4 aliphatic carbocycles. The summed E-state index contributed by atoms with van der Waals surface area (Å²) in [5.74, 6) is 4.69. The zero-order valence-corrected chi connectivity index (χ0v) is 14.1. The maximum atomic E-state index is 12.5. The summed E-state index contributed by atoms with van der Waals surface area (Å²) in [4.78, 5) is 24.3. The molecule has 0 aromatic carbocycles. The number of Topliss-reactive ketones (excluding diaryl/α,β-unsaturated/α-hetero) is 1. The maximum Gasteiger partial charge on any atom is 0.155 e. The van der Waals surface area contributed by atoms with Gasteiger partial charge < -0.3 is 0 Å². The third kappa shape index (κ3) is 1.85. The van der Waals surface area contributed by atoms with Gasteiger partial charge in [-0.3, -0.25) is 9.59 Å². The summed E-state index contributed by atoms with van der Waals surface area (Å²) in [5.41, 5.74) is 1.38. The molecule has 3 saturated carbocycles. The first-order valence-electron chi connectivity index (χ1n) is 9.18. The minimum absolute atomic E-state index is 0.0550. The van der Waals surface area contributed by atoms with Crippen LogP contribution >= 0.6 is 0 Å². The molecule has 7 atom stereocenters. The average Bonchev–Trinajstić information content (AvgIpc) is 2.74. The summed E-state index contributed by atoms with van der Waals surface area (Å²) in [7, 11) is 0. The molecule has 2 nitrogen and oxygen atoms in total. The fourth-order valence-corrected chi connectivity index (χ4v) is 6.90. The Morgan fingerprint density at radius 1 is 1.05 bits per heavy atom. The van der Waals surface area contributed by atoms with Crippen molar-refractivity contribution in [2.75, 3.05) is 0 Å². The van der Waals surface area contributed by atoms with Gasteiger partial charge in [-0.25, -0.2) is 0 Å². The van der Waals surface area contributed by atoms with Crippen LogP contribution in [0.2, 0.25) is 0 Å². The molecule has 0 aliphatic heterocycles. The highest BCUT2D eigenvalue weighted by Crippen LogP contribution is 2.63. The summed E-state index contributed by atoms with van der Waals surface area (Å²) in [6, 6.07) is 0. The van der Waals surface area contributed by atoms with E-state index in [4.69, 9.17) is 0 Å². The van der Waals surface area contributed by atoms with Crippen LogP contribution in [0.15, 0.2) is 11.6 Å². The van der Waals surface area contributed by atoms with Crippen LogP contribution in [0.1, 0.15) is 59.3 Å². The molecule has 0 aromatic rings. The molecule has 4 rings (SSSR count). The van der Waals surface area contributed by atoms with Gasteiger partial charge in [-0.05, 0) is 67.3 Å². The molecule has 3 fully saturated rings. The number of hydrogen-bond donors (Lipinski definition) is 0. The molecular weight excluding hydrogens is 272 g/mol. The zero-order chi connectivity index (χ0) is 15.6. The second-order valence-corrected chi connectivity index (χ2v) is 8.83. The predicted molar refractivity (Wildman–Crippen MR) is 86.2 cm³/mol. The standard InChI is InChI=1S/C20H28O2/c1-11-8-13-9-14(21)4-5-15(13)18-12(2)10-20(3)16(19(11)18)6-7-17(20)22/h9,11-12,15-16,18-19H,4-8,10H2,1-3H3/t11-,12+,15+,16+,18-,19+,20+/m1/s1. The van der Waals surface area contributed by atoms with Gasteiger partial charge in [0.1, 0.15) is 5.78 Å². The summed E-state index contributed by atoms with van der Waals surface area (Å²) in [5, 5.41) is 0. The highest BCUT2D eigenvalue weighted by atomic mass is 16.1. The van der Waals surface area contributed by atoms with Gasteiger partial charge in [-0.1, -0.05) is 26.3 Å². The van der Waals surface area contributed by atoms with E-state index in [0.29, 0.717) is 47.1 Å². The van der Waals surface area contributed by atoms with E-state index in [2.05, 4.69) is 20.8 Å². The van der Waals surface area contributed by atoms with Crippen LogP contribution < -0.4 is 0 Å². The summed E-state index contributed by atoms with van der Waals surface area (Å²) in [6.07, 6.45) is 7.84. The minimum Gasteiger partial charge on any atom is -0.299 e. The minimum atomic E-state index is -0.0550. The molecule has 22 heavy (non-hydrogen) atoms. The fraction of sp³-hybridized carbons (Fsp3) is 0.800. The molecule has 0 radical (unpaired) electrons. The van der Waals surface area contributed by atoms with E-state index in [9.17, 15) is 9.59 Å². The lowest BCUT2D eigenvalue weighted by molar-refractivity contribution is -0.136. The second kappa shape index (κ2) is 4.79. The molecule has 120 valence electrons. The zero-order valence-electron chi connectivity index (χ0n) is 14.1. The number of ketones is 2. The van der Waals surface area contributed by atoms with Crippen LogP contribution in [0.5, 0.6) is 0 Å². The van der Waals surface area contributed by atoms with Gasteiger partial charge in [0, 0.05) is 18.3 Å². The van der Waals surface area contributed by atoms with Gasteiger partial charge in [-0.2, -0.15) is 0 Å². The van der Waals surface area contributed by atoms with Gasteiger partial charge in [-0.15, -0.1) is 0 Å². The molecule has 0 spiro atoms. The van der Waals surface area contributed by atoms with Crippen molar-refractivity contribution in [2.45, 2.75) is 59.3 Å². The molecule has 4 aliphatic rings. The molecule has 0 heterocycles. The third-order valence-corrected chi connectivity index (χ3v) is 7.65. The number of hydrogen-bond acceptors (Lipinski definition) is 2. The molecule has 2 heteroatoms. The van der Waals surface area contributed by atoms with Gasteiger partial charge in [0.2, 0.25) is 0 Å². The quantitative estimate of drug-likeness (QED) is 0.672. The number of carbonyl (C=O) groups is 2. The topological polar surface area (TPSA) is 34.1 Å². The Kier molecular flexibility index (Phi) is 3.19. The number of fused-ring (bicyclic) bond motifs is 5. The van der Waals surface area contributed by atoms with Crippen LogP contribution in [0, 0.1) is 40.9 Å². The van der Waals surface area contributed by atoms with Gasteiger partial charge in [0.05, 0.1) is 0 Å². The predicted octanol–water partition coefficient (Wildman–Crippen LogP) is 4.19. The summed E-state index contributed by atoms with van der Waals surface area (Å²) in [6.45, 7) is 6.99. The Morgan fingerprint density at radius 2 is 1.82 bits per heavy atom. The first-order valence-corrected chi connectivity index (χ1v) is 9.18. The Balaban J connectivity index is 1.74. The highest BCUT2D eigenvalue weighted by Gasteiger charge is 2.59. The van der Waals surface area contributed by atoms with Crippen LogP contribution in [0.4, 0.5) is 0 Å². The lowest BCUT2D eigenvalue weighted by Gasteiger charge is -2.57. The van der Waals surface area contributed by atoms with Crippen molar-refractivity contribution < 1.29 is 9.59 Å². The molecule has 0 unspecified atom stereocenters. The first kappa shape index (κ1) is 14.7.